The van der Waals surface area contributed by atoms with Gasteiger partial charge in [-0.1, -0.05) is 0 Å². The van der Waals surface area contributed by atoms with Gasteiger partial charge >= 0.3 is 5.69 Å². The lowest BCUT2D eigenvalue weighted by molar-refractivity contribution is 0.106. The fourth-order valence-corrected chi connectivity index (χ4v) is 2.93. The maximum atomic E-state index is 12.6. The fourth-order valence-electron chi connectivity index (χ4n) is 2.93. The molecule has 0 aliphatic rings. The SMILES string of the molecule is CC(O)CN(CCCn1c(=O)c2c(ncn2C)n(C)c1=O)C(C)C. The molecule has 0 fully saturated rings. The molecule has 8 heteroatoms. The van der Waals surface area contributed by atoms with Gasteiger partial charge in [0.05, 0.1) is 12.4 Å². The minimum atomic E-state index is -0.409. The Kier molecular flexibility index (Phi) is 5.61. The lowest BCUT2D eigenvalue weighted by Crippen LogP contribution is -2.41. The zero-order valence-corrected chi connectivity index (χ0v) is 15.1. The minimum Gasteiger partial charge on any atom is -0.392 e. The van der Waals surface area contributed by atoms with Crippen LogP contribution < -0.4 is 11.2 Å². The van der Waals surface area contributed by atoms with Crippen LogP contribution in [0.5, 0.6) is 0 Å². The second-order valence-electron chi connectivity index (χ2n) is 6.62. The van der Waals surface area contributed by atoms with Crippen LogP contribution in [0.25, 0.3) is 11.2 Å². The van der Waals surface area contributed by atoms with E-state index in [1.807, 2.05) is 0 Å². The predicted octanol–water partition coefficient (Wildman–Crippen LogP) is -0.0850. The third-order valence-electron chi connectivity index (χ3n) is 4.26. The Balaban J connectivity index is 2.23. The summed E-state index contributed by atoms with van der Waals surface area (Å²) in [7, 11) is 3.37. The van der Waals surface area contributed by atoms with Gasteiger partial charge < -0.3 is 9.67 Å². The van der Waals surface area contributed by atoms with E-state index in [-0.39, 0.29) is 11.2 Å². The quantitative estimate of drug-likeness (QED) is 0.763. The number of aryl methyl sites for hydroxylation is 2. The molecule has 0 amide bonds. The molecular formula is C16H27N5O3. The molecule has 0 aliphatic heterocycles. The molecule has 2 aromatic heterocycles. The van der Waals surface area contributed by atoms with Gasteiger partial charge in [-0.25, -0.2) is 9.78 Å². The van der Waals surface area contributed by atoms with Crippen LogP contribution >= 0.6 is 0 Å². The van der Waals surface area contributed by atoms with Crippen molar-refractivity contribution >= 4 is 11.2 Å². The number of aromatic nitrogens is 4. The fraction of sp³-hybridized carbons (Fsp3) is 0.688. The number of nitrogens with zero attached hydrogens (tertiary/aromatic N) is 5. The smallest absolute Gasteiger partial charge is 0.332 e. The summed E-state index contributed by atoms with van der Waals surface area (Å²) in [5.41, 5.74) is 0.181. The van der Waals surface area contributed by atoms with Crippen LogP contribution in [0.3, 0.4) is 0 Å². The normalized spacial score (nSPS) is 13.3. The Labute approximate surface area is 141 Å². The third-order valence-corrected chi connectivity index (χ3v) is 4.26. The summed E-state index contributed by atoms with van der Waals surface area (Å²) in [5.74, 6) is 0. The molecule has 0 aliphatic carbocycles. The molecule has 8 nitrogen and oxygen atoms in total. The molecule has 1 atom stereocenters. The molecular weight excluding hydrogens is 310 g/mol. The Bertz CT molecular complexity index is 815. The molecule has 0 radical (unpaired) electrons. The summed E-state index contributed by atoms with van der Waals surface area (Å²) in [5, 5.41) is 9.58. The van der Waals surface area contributed by atoms with Crippen LogP contribution in [0.1, 0.15) is 27.2 Å². The zero-order chi connectivity index (χ0) is 18.0. The van der Waals surface area contributed by atoms with Crippen LogP contribution in [-0.2, 0) is 20.6 Å². The number of aliphatic hydroxyl groups excluding tert-OH is 1. The number of imidazole rings is 1. The van der Waals surface area contributed by atoms with Gasteiger partial charge in [0.15, 0.2) is 11.2 Å². The number of fused-ring (bicyclic) bond motifs is 1. The number of hydrogen-bond donors (Lipinski definition) is 1. The molecule has 0 aromatic carbocycles. The Morgan fingerprint density at radius 2 is 1.92 bits per heavy atom. The first kappa shape index (κ1) is 18.4. The van der Waals surface area contributed by atoms with E-state index < -0.39 is 6.10 Å². The summed E-state index contributed by atoms with van der Waals surface area (Å²) in [6.45, 7) is 7.51. The van der Waals surface area contributed by atoms with Crippen LogP contribution in [0.15, 0.2) is 15.9 Å². The van der Waals surface area contributed by atoms with E-state index in [4.69, 9.17) is 0 Å². The number of hydrogen-bond acceptors (Lipinski definition) is 5. The molecule has 2 rings (SSSR count). The van der Waals surface area contributed by atoms with Crippen LogP contribution in [-0.4, -0.2) is 53.9 Å². The van der Waals surface area contributed by atoms with Crippen molar-refractivity contribution in [3.8, 4) is 0 Å². The Morgan fingerprint density at radius 3 is 2.50 bits per heavy atom. The van der Waals surface area contributed by atoms with Gasteiger partial charge in [0.25, 0.3) is 5.56 Å². The third kappa shape index (κ3) is 3.59. The highest BCUT2D eigenvalue weighted by Crippen LogP contribution is 2.05. The second kappa shape index (κ2) is 7.31. The van der Waals surface area contributed by atoms with E-state index in [0.717, 1.165) is 0 Å². The number of aliphatic hydroxyl groups is 1. The van der Waals surface area contributed by atoms with Crippen molar-refractivity contribution < 1.29 is 5.11 Å². The van der Waals surface area contributed by atoms with Crippen molar-refractivity contribution in [2.24, 2.45) is 14.1 Å². The van der Waals surface area contributed by atoms with Gasteiger partial charge in [-0.15, -0.1) is 0 Å². The van der Waals surface area contributed by atoms with E-state index in [9.17, 15) is 14.7 Å². The predicted molar refractivity (Wildman–Crippen MR) is 93.2 cm³/mol. The van der Waals surface area contributed by atoms with E-state index in [0.29, 0.717) is 43.3 Å². The Morgan fingerprint density at radius 1 is 1.25 bits per heavy atom. The van der Waals surface area contributed by atoms with Gasteiger partial charge in [-0.2, -0.15) is 0 Å². The van der Waals surface area contributed by atoms with E-state index >= 15 is 0 Å². The maximum absolute atomic E-state index is 12.6. The van der Waals surface area contributed by atoms with Gasteiger partial charge in [0.2, 0.25) is 0 Å². The van der Waals surface area contributed by atoms with Crippen molar-refractivity contribution in [3.63, 3.8) is 0 Å². The van der Waals surface area contributed by atoms with Crippen molar-refractivity contribution in [2.75, 3.05) is 13.1 Å². The lowest BCUT2D eigenvalue weighted by atomic mass is 10.2. The van der Waals surface area contributed by atoms with Gasteiger partial charge in [-0.05, 0) is 27.2 Å². The molecule has 0 saturated carbocycles. The highest BCUT2D eigenvalue weighted by molar-refractivity contribution is 5.69. The average molecular weight is 337 g/mol. The summed E-state index contributed by atoms with van der Waals surface area (Å²) in [4.78, 5) is 31.3. The molecule has 1 N–H and O–H groups in total. The average Bonchev–Trinajstić information content (AvgIpc) is 2.88. The molecule has 24 heavy (non-hydrogen) atoms. The summed E-state index contributed by atoms with van der Waals surface area (Å²) < 4.78 is 4.32. The van der Waals surface area contributed by atoms with Crippen LogP contribution in [0.4, 0.5) is 0 Å². The molecule has 134 valence electrons. The molecule has 0 bridgehead atoms. The molecule has 2 heterocycles. The van der Waals surface area contributed by atoms with Crippen LogP contribution in [0.2, 0.25) is 0 Å². The maximum Gasteiger partial charge on any atom is 0.332 e. The zero-order valence-electron chi connectivity index (χ0n) is 15.1. The monoisotopic (exact) mass is 337 g/mol. The first-order valence-corrected chi connectivity index (χ1v) is 8.27. The van der Waals surface area contributed by atoms with Crippen molar-refractivity contribution in [1.29, 1.82) is 0 Å². The topological polar surface area (TPSA) is 85.3 Å². The number of rotatable bonds is 7. The van der Waals surface area contributed by atoms with Crippen LogP contribution in [0, 0.1) is 0 Å². The molecule has 2 aromatic rings. The standard InChI is InChI=1S/C16H27N5O3/c1-11(2)20(9-12(3)22)7-6-8-21-15(23)13-14(17-10-18(13)4)19(5)16(21)24/h10-12,22H,6-9H2,1-5H3. The largest absolute Gasteiger partial charge is 0.392 e. The highest BCUT2D eigenvalue weighted by Gasteiger charge is 2.16. The van der Waals surface area contributed by atoms with Gasteiger partial charge in [0.1, 0.15) is 0 Å². The van der Waals surface area contributed by atoms with Crippen molar-refractivity contribution in [2.45, 2.75) is 45.9 Å². The first-order valence-electron chi connectivity index (χ1n) is 8.27. The molecule has 0 spiro atoms. The van der Waals surface area contributed by atoms with Gasteiger partial charge in [-0.3, -0.25) is 18.8 Å². The summed E-state index contributed by atoms with van der Waals surface area (Å²) in [6, 6.07) is 0.290. The second-order valence-corrected chi connectivity index (χ2v) is 6.62. The van der Waals surface area contributed by atoms with Crippen molar-refractivity contribution in [1.82, 2.24) is 23.6 Å². The summed E-state index contributed by atoms with van der Waals surface area (Å²) in [6.07, 6.45) is 1.79. The van der Waals surface area contributed by atoms with Crippen molar-refractivity contribution in [3.05, 3.63) is 27.2 Å². The van der Waals surface area contributed by atoms with E-state index in [1.165, 1.54) is 9.13 Å². The van der Waals surface area contributed by atoms with E-state index in [2.05, 4.69) is 23.7 Å². The molecule has 1 unspecified atom stereocenters. The summed E-state index contributed by atoms with van der Waals surface area (Å²) >= 11 is 0. The van der Waals surface area contributed by atoms with E-state index in [1.54, 1.807) is 31.9 Å². The molecule has 0 saturated heterocycles. The lowest BCUT2D eigenvalue weighted by Gasteiger charge is -2.27. The van der Waals surface area contributed by atoms with Gasteiger partial charge in [0, 0.05) is 39.8 Å². The minimum absolute atomic E-state index is 0.290. The first-order chi connectivity index (χ1) is 11.2. The highest BCUT2D eigenvalue weighted by atomic mass is 16.3. The Hall–Kier alpha value is -1.93.